The molecule has 61 heavy (non-hydrogen) atoms. The zero-order valence-electron chi connectivity index (χ0n) is 33.5. The first-order valence-corrected chi connectivity index (χ1v) is 20.6. The van der Waals surface area contributed by atoms with Gasteiger partial charge >= 0.3 is 17.7 Å². The van der Waals surface area contributed by atoms with Gasteiger partial charge in [-0.15, -0.1) is 0 Å². The number of aliphatic carboxylic acids is 1. The number of nitrogens with zero attached hydrogens (tertiary/aromatic N) is 2. The number of H-pyrrole nitrogens is 2. The Balaban J connectivity index is 1.34. The molecule has 0 bridgehead atoms. The van der Waals surface area contributed by atoms with Crippen LogP contribution in [0.3, 0.4) is 0 Å². The van der Waals surface area contributed by atoms with Gasteiger partial charge in [-0.2, -0.15) is 11.8 Å². The van der Waals surface area contributed by atoms with Crippen molar-refractivity contribution >= 4 is 52.4 Å². The normalized spacial score (nSPS) is 18.0. The second-order valence-corrected chi connectivity index (χ2v) is 15.5. The molecule has 0 radical (unpaired) electrons. The Morgan fingerprint density at radius 3 is 2.48 bits per heavy atom. The van der Waals surface area contributed by atoms with Gasteiger partial charge in [0.1, 0.15) is 35.7 Å². The van der Waals surface area contributed by atoms with Crippen molar-refractivity contribution in [1.82, 2.24) is 40.7 Å². The molecular weight excluding hydrogens is 815 g/mol. The highest BCUT2D eigenvalue weighted by Crippen LogP contribution is 2.30. The molecule has 20 nitrogen and oxygen atoms in total. The number of aromatic amines is 2. The number of amides is 5. The number of para-hydroxylation sites is 1. The van der Waals surface area contributed by atoms with Crippen LogP contribution in [-0.2, 0) is 36.8 Å². The predicted octanol–water partition coefficient (Wildman–Crippen LogP) is -0.0206. The Bertz CT molecular complexity index is 2380. The minimum Gasteiger partial charge on any atom is -0.508 e. The van der Waals surface area contributed by atoms with Crippen LogP contribution in [0.4, 0.5) is 4.79 Å². The van der Waals surface area contributed by atoms with Gasteiger partial charge in [-0.25, -0.2) is 14.4 Å². The number of aromatic hydroxyl groups is 1. The quantitative estimate of drug-likeness (QED) is 0.0630. The fraction of sp³-hybridized carbons (Fsp3) is 0.375. The number of rotatable bonds is 18. The fourth-order valence-corrected chi connectivity index (χ4v) is 7.22. The summed E-state index contributed by atoms with van der Waals surface area (Å²) < 4.78 is 6.69. The number of urea groups is 1. The molecule has 2 aromatic heterocycles. The molecule has 5 amide bonds. The van der Waals surface area contributed by atoms with E-state index >= 15 is 0 Å². The lowest BCUT2D eigenvalue weighted by Gasteiger charge is -2.34. The summed E-state index contributed by atoms with van der Waals surface area (Å²) >= 11 is 1.37. The number of aromatic nitrogens is 3. The molecular formula is C40H49N9O11S. The Morgan fingerprint density at radius 2 is 1.77 bits per heavy atom. The number of hydrogen-bond donors (Lipinski definition) is 10. The first-order valence-electron chi connectivity index (χ1n) is 19.2. The molecule has 1 aliphatic rings. The average molecular weight is 864 g/mol. The van der Waals surface area contributed by atoms with Gasteiger partial charge in [-0.3, -0.25) is 28.7 Å². The van der Waals surface area contributed by atoms with Crippen LogP contribution < -0.4 is 38.2 Å². The van der Waals surface area contributed by atoms with E-state index in [1.807, 2.05) is 18.2 Å². The van der Waals surface area contributed by atoms with Gasteiger partial charge < -0.3 is 56.9 Å². The number of ether oxygens (including phenoxy) is 1. The standard InChI is InChI=1S/C40H49N9O11S/c1-21(48(2)36(55)27(41)16-22-7-6-8-24(50)15-22)33(35(54)43-20-25-18-31(51)37(60-25)49-13-11-32(52)46-40(49)59)47-34(53)29(12-14-61-3)44-39(58)45-30(38(56)57)17-23-19-42-28-10-5-4-9-26(23)28/h4-11,13,15,19-21,27,29-31,33,37,42,50-51H,12,14,16-18,41H2,1-3H3,(H,43,54)(H,47,53)(H,56,57)(H2,44,45,58)(H,46,52,59)/b25-20+/t21?,27?,29?,30?,31-,33?,37-/m0/s1. The number of aliphatic hydroxyl groups is 1. The number of nitrogens with two attached hydrogens (primary N) is 1. The van der Waals surface area contributed by atoms with Crippen LogP contribution >= 0.6 is 11.8 Å². The van der Waals surface area contributed by atoms with Crippen molar-refractivity contribution in [1.29, 1.82) is 0 Å². The van der Waals surface area contributed by atoms with E-state index in [4.69, 9.17) is 10.5 Å². The lowest BCUT2D eigenvalue weighted by Crippen LogP contribution is -2.62. The number of phenols is 1. The summed E-state index contributed by atoms with van der Waals surface area (Å²) in [6.45, 7) is 1.49. The highest BCUT2D eigenvalue weighted by Gasteiger charge is 2.37. The molecule has 4 aromatic rings. The maximum absolute atomic E-state index is 14.0. The molecule has 326 valence electrons. The van der Waals surface area contributed by atoms with Gasteiger partial charge in [0.25, 0.3) is 5.56 Å². The van der Waals surface area contributed by atoms with Gasteiger partial charge in [0, 0.05) is 55.5 Å². The van der Waals surface area contributed by atoms with E-state index in [0.717, 1.165) is 33.9 Å². The highest BCUT2D eigenvalue weighted by atomic mass is 32.2. The first kappa shape index (κ1) is 45.5. The smallest absolute Gasteiger partial charge is 0.331 e. The molecule has 5 rings (SSSR count). The van der Waals surface area contributed by atoms with Crippen molar-refractivity contribution in [3.63, 3.8) is 0 Å². The van der Waals surface area contributed by atoms with Crippen molar-refractivity contribution in [2.75, 3.05) is 19.1 Å². The van der Waals surface area contributed by atoms with Gasteiger partial charge in [-0.1, -0.05) is 30.3 Å². The Hall–Kier alpha value is -6.58. The number of likely N-dealkylation sites (N-methyl/N-ethyl adjacent to an activating group) is 1. The fourth-order valence-electron chi connectivity index (χ4n) is 6.75. The summed E-state index contributed by atoms with van der Waals surface area (Å²) in [4.78, 5) is 97.5. The largest absolute Gasteiger partial charge is 0.508 e. The molecule has 0 aliphatic carbocycles. The summed E-state index contributed by atoms with van der Waals surface area (Å²) in [7, 11) is 1.39. The average Bonchev–Trinajstić information content (AvgIpc) is 3.81. The van der Waals surface area contributed by atoms with Crippen molar-refractivity contribution in [2.45, 2.75) is 75.1 Å². The number of nitrogens with one attached hydrogen (secondary N) is 6. The van der Waals surface area contributed by atoms with Crippen molar-refractivity contribution in [2.24, 2.45) is 5.73 Å². The summed E-state index contributed by atoms with van der Waals surface area (Å²) in [5, 5.41) is 41.5. The number of hydrogen-bond acceptors (Lipinski definition) is 12. The number of carboxylic acid groups (broad SMARTS) is 1. The van der Waals surface area contributed by atoms with E-state index in [0.29, 0.717) is 16.9 Å². The molecule has 0 spiro atoms. The van der Waals surface area contributed by atoms with E-state index in [-0.39, 0.29) is 37.2 Å². The van der Waals surface area contributed by atoms with Crippen molar-refractivity contribution in [3.8, 4) is 5.75 Å². The number of aliphatic hydroxyl groups excluding tert-OH is 1. The maximum Gasteiger partial charge on any atom is 0.331 e. The number of carboxylic acids is 1. The number of benzene rings is 2. The van der Waals surface area contributed by atoms with Crippen LogP contribution in [0.15, 0.2) is 88.5 Å². The Morgan fingerprint density at radius 1 is 1.03 bits per heavy atom. The molecule has 1 aliphatic heterocycles. The first-order chi connectivity index (χ1) is 29.1. The van der Waals surface area contributed by atoms with Crippen molar-refractivity contribution < 1.29 is 44.0 Å². The molecule has 7 atom stereocenters. The third-order valence-electron chi connectivity index (χ3n) is 10.2. The van der Waals surface area contributed by atoms with E-state index in [1.54, 1.807) is 30.7 Å². The van der Waals surface area contributed by atoms with Crippen LogP contribution in [0.25, 0.3) is 10.9 Å². The number of carbonyl (C=O) groups is 5. The third kappa shape index (κ3) is 11.8. The van der Waals surface area contributed by atoms with E-state index in [9.17, 15) is 48.9 Å². The van der Waals surface area contributed by atoms with Gasteiger partial charge in [0.15, 0.2) is 0 Å². The van der Waals surface area contributed by atoms with Crippen molar-refractivity contribution in [3.05, 3.63) is 111 Å². The monoisotopic (exact) mass is 863 g/mol. The van der Waals surface area contributed by atoms with Crippen LogP contribution in [-0.4, -0.2) is 120 Å². The minimum atomic E-state index is -1.51. The topological polar surface area (TPSA) is 303 Å². The lowest BCUT2D eigenvalue weighted by molar-refractivity contribution is -0.139. The predicted molar refractivity (Wildman–Crippen MR) is 224 cm³/mol. The number of carbonyl (C=O) groups excluding carboxylic acids is 4. The zero-order valence-corrected chi connectivity index (χ0v) is 34.3. The summed E-state index contributed by atoms with van der Waals surface area (Å²) in [5.41, 5.74) is 6.81. The van der Waals surface area contributed by atoms with E-state index in [1.165, 1.54) is 42.8 Å². The molecule has 21 heteroatoms. The second-order valence-electron chi connectivity index (χ2n) is 14.5. The molecule has 1 fully saturated rings. The number of phenolic OH excluding ortho intramolecular Hbond substituents is 1. The van der Waals surface area contributed by atoms with E-state index in [2.05, 4.69) is 31.2 Å². The molecule has 1 saturated heterocycles. The van der Waals surface area contributed by atoms with Crippen LogP contribution in [0.2, 0.25) is 0 Å². The summed E-state index contributed by atoms with van der Waals surface area (Å²) in [5.74, 6) is -3.21. The Kier molecular flexibility index (Phi) is 15.4. The molecule has 5 unspecified atom stereocenters. The maximum atomic E-state index is 14.0. The minimum absolute atomic E-state index is 0.0191. The van der Waals surface area contributed by atoms with Gasteiger partial charge in [0.2, 0.25) is 23.9 Å². The van der Waals surface area contributed by atoms with Crippen LogP contribution in [0.1, 0.15) is 37.1 Å². The van der Waals surface area contributed by atoms with Gasteiger partial charge in [0.05, 0.1) is 12.1 Å². The third-order valence-corrected chi connectivity index (χ3v) is 10.8. The lowest BCUT2D eigenvalue weighted by atomic mass is 10.0. The number of thioether (sulfide) groups is 1. The van der Waals surface area contributed by atoms with E-state index < -0.39 is 83.5 Å². The second kappa shape index (κ2) is 20.6. The number of fused-ring (bicyclic) bond motifs is 1. The SMILES string of the molecule is CSCCC(NC(=O)NC(Cc1c[nH]c2ccccc12)C(=O)O)C(=O)NC(C(=O)N/C=C1\C[C@H](O)[C@@H](n2ccc(=O)[nH]c2=O)O1)C(C)N(C)C(=O)C(N)Cc1cccc(O)c1. The molecule has 3 heterocycles. The zero-order chi connectivity index (χ0) is 44.4. The molecule has 2 aromatic carbocycles. The summed E-state index contributed by atoms with van der Waals surface area (Å²) in [6.07, 6.45) is 3.09. The van der Waals surface area contributed by atoms with Crippen LogP contribution in [0.5, 0.6) is 5.75 Å². The summed E-state index contributed by atoms with van der Waals surface area (Å²) in [6, 6.07) is 7.22. The van der Waals surface area contributed by atoms with Gasteiger partial charge in [-0.05, 0) is 61.1 Å². The molecule has 11 N–H and O–H groups in total. The highest BCUT2D eigenvalue weighted by molar-refractivity contribution is 7.98. The van der Waals surface area contributed by atoms with Crippen LogP contribution in [0, 0.1) is 0 Å². The Labute approximate surface area is 352 Å². The molecule has 0 saturated carbocycles.